The van der Waals surface area contributed by atoms with E-state index in [2.05, 4.69) is 5.32 Å². The summed E-state index contributed by atoms with van der Waals surface area (Å²) in [7, 11) is 1.59. The number of hydrogen-bond donors (Lipinski definition) is 2. The van der Waals surface area contributed by atoms with Crippen molar-refractivity contribution in [1.29, 1.82) is 0 Å². The average Bonchev–Trinajstić information content (AvgIpc) is 2.41. The molecule has 0 spiro atoms. The van der Waals surface area contributed by atoms with Crippen molar-refractivity contribution in [2.45, 2.75) is 6.92 Å². The lowest BCUT2D eigenvalue weighted by atomic mass is 10.1. The molecule has 0 saturated carbocycles. The van der Waals surface area contributed by atoms with E-state index in [1.165, 1.54) is 12.1 Å². The van der Waals surface area contributed by atoms with Crippen molar-refractivity contribution in [3.63, 3.8) is 0 Å². The van der Waals surface area contributed by atoms with Gasteiger partial charge in [0.1, 0.15) is 0 Å². The molecule has 1 rings (SSSR count). The summed E-state index contributed by atoms with van der Waals surface area (Å²) in [5, 5.41) is 11.6. The molecule has 6 heteroatoms. The SMILES string of the molecule is COCCOCCNC(=O)c1cc(C)cc(C(=O)O)c1. The summed E-state index contributed by atoms with van der Waals surface area (Å²) in [6.45, 7) is 3.47. The molecular weight excluding hydrogens is 262 g/mol. The Bertz CT molecular complexity index is 473. The Balaban J connectivity index is 2.49. The zero-order valence-corrected chi connectivity index (χ0v) is 11.6. The number of carbonyl (C=O) groups is 2. The molecule has 20 heavy (non-hydrogen) atoms. The van der Waals surface area contributed by atoms with Crippen LogP contribution in [0.2, 0.25) is 0 Å². The van der Waals surface area contributed by atoms with Crippen molar-refractivity contribution < 1.29 is 24.2 Å². The van der Waals surface area contributed by atoms with E-state index in [9.17, 15) is 9.59 Å². The lowest BCUT2D eigenvalue weighted by Gasteiger charge is -2.08. The highest BCUT2D eigenvalue weighted by atomic mass is 16.5. The molecule has 110 valence electrons. The van der Waals surface area contributed by atoms with Crippen molar-refractivity contribution in [2.75, 3.05) is 33.5 Å². The van der Waals surface area contributed by atoms with E-state index in [0.717, 1.165) is 5.56 Å². The summed E-state index contributed by atoms with van der Waals surface area (Å²) >= 11 is 0. The molecule has 1 amide bonds. The second kappa shape index (κ2) is 8.29. The van der Waals surface area contributed by atoms with Gasteiger partial charge in [0.25, 0.3) is 5.91 Å². The number of carboxylic acid groups (broad SMARTS) is 1. The number of ether oxygens (including phenoxy) is 2. The normalized spacial score (nSPS) is 10.3. The fraction of sp³-hybridized carbons (Fsp3) is 0.429. The molecule has 6 nitrogen and oxygen atoms in total. The number of amides is 1. The molecule has 0 aliphatic carbocycles. The van der Waals surface area contributed by atoms with E-state index in [1.807, 2.05) is 0 Å². The number of hydrogen-bond acceptors (Lipinski definition) is 4. The number of aromatic carboxylic acids is 1. The zero-order chi connectivity index (χ0) is 15.0. The summed E-state index contributed by atoms with van der Waals surface area (Å²) in [6.07, 6.45) is 0. The minimum Gasteiger partial charge on any atom is -0.478 e. The van der Waals surface area contributed by atoms with Crippen molar-refractivity contribution in [3.05, 3.63) is 34.9 Å². The molecule has 0 unspecified atom stereocenters. The Labute approximate surface area is 117 Å². The van der Waals surface area contributed by atoms with Gasteiger partial charge in [0.15, 0.2) is 0 Å². The lowest BCUT2D eigenvalue weighted by Crippen LogP contribution is -2.27. The van der Waals surface area contributed by atoms with Gasteiger partial charge in [-0.3, -0.25) is 4.79 Å². The predicted molar refractivity (Wildman–Crippen MR) is 73.2 cm³/mol. The van der Waals surface area contributed by atoms with Gasteiger partial charge in [0, 0.05) is 19.2 Å². The lowest BCUT2D eigenvalue weighted by molar-refractivity contribution is 0.0692. The van der Waals surface area contributed by atoms with E-state index >= 15 is 0 Å². The molecular formula is C14H19NO5. The monoisotopic (exact) mass is 281 g/mol. The van der Waals surface area contributed by atoms with Crippen molar-refractivity contribution in [2.24, 2.45) is 0 Å². The van der Waals surface area contributed by atoms with Crippen molar-refractivity contribution in [3.8, 4) is 0 Å². The third-order valence-corrected chi connectivity index (χ3v) is 2.55. The van der Waals surface area contributed by atoms with Crippen LogP contribution in [0.25, 0.3) is 0 Å². The summed E-state index contributed by atoms with van der Waals surface area (Å²) in [5.41, 5.74) is 1.16. The van der Waals surface area contributed by atoms with Crippen molar-refractivity contribution >= 4 is 11.9 Å². The molecule has 2 N–H and O–H groups in total. The first-order chi connectivity index (χ1) is 9.54. The number of benzene rings is 1. The van der Waals surface area contributed by atoms with Gasteiger partial charge in [-0.25, -0.2) is 4.79 Å². The Morgan fingerprint density at radius 2 is 1.85 bits per heavy atom. The van der Waals surface area contributed by atoms with E-state index in [4.69, 9.17) is 14.6 Å². The van der Waals surface area contributed by atoms with Crippen LogP contribution in [0.5, 0.6) is 0 Å². The topological polar surface area (TPSA) is 84.9 Å². The maximum absolute atomic E-state index is 11.9. The Hall–Kier alpha value is -1.92. The van der Waals surface area contributed by atoms with Gasteiger partial charge < -0.3 is 19.9 Å². The summed E-state index contributed by atoms with van der Waals surface area (Å²) in [5.74, 6) is -1.36. The van der Waals surface area contributed by atoms with Gasteiger partial charge in [-0.15, -0.1) is 0 Å². The van der Waals surface area contributed by atoms with E-state index in [0.29, 0.717) is 31.9 Å². The second-order valence-corrected chi connectivity index (χ2v) is 4.25. The van der Waals surface area contributed by atoms with Crippen LogP contribution in [0.3, 0.4) is 0 Å². The van der Waals surface area contributed by atoms with Crippen LogP contribution in [0, 0.1) is 6.92 Å². The van der Waals surface area contributed by atoms with Crippen LogP contribution in [0.4, 0.5) is 0 Å². The maximum Gasteiger partial charge on any atom is 0.335 e. The number of nitrogens with one attached hydrogen (secondary N) is 1. The van der Waals surface area contributed by atoms with E-state index in [1.54, 1.807) is 20.1 Å². The third-order valence-electron chi connectivity index (χ3n) is 2.55. The highest BCUT2D eigenvalue weighted by Crippen LogP contribution is 2.09. The predicted octanol–water partition coefficient (Wildman–Crippen LogP) is 1.09. The van der Waals surface area contributed by atoms with Gasteiger partial charge in [-0.2, -0.15) is 0 Å². The van der Waals surface area contributed by atoms with Crippen LogP contribution in [0.15, 0.2) is 18.2 Å². The molecule has 0 heterocycles. The van der Waals surface area contributed by atoms with Crippen LogP contribution >= 0.6 is 0 Å². The van der Waals surface area contributed by atoms with Gasteiger partial charge in [0.05, 0.1) is 25.4 Å². The number of methoxy groups -OCH3 is 1. The van der Waals surface area contributed by atoms with Gasteiger partial charge >= 0.3 is 5.97 Å². The summed E-state index contributed by atoms with van der Waals surface area (Å²) in [6, 6.07) is 4.52. The number of carbonyl (C=O) groups excluding carboxylic acids is 1. The van der Waals surface area contributed by atoms with Gasteiger partial charge in [-0.05, 0) is 30.7 Å². The molecule has 0 aromatic heterocycles. The fourth-order valence-corrected chi connectivity index (χ4v) is 1.62. The van der Waals surface area contributed by atoms with Crippen molar-refractivity contribution in [1.82, 2.24) is 5.32 Å². The molecule has 1 aromatic rings. The van der Waals surface area contributed by atoms with Crippen LogP contribution < -0.4 is 5.32 Å². The molecule has 0 atom stereocenters. The molecule has 0 fully saturated rings. The van der Waals surface area contributed by atoms with E-state index < -0.39 is 5.97 Å². The first-order valence-electron chi connectivity index (χ1n) is 6.24. The Morgan fingerprint density at radius 3 is 2.50 bits per heavy atom. The minimum absolute atomic E-state index is 0.103. The summed E-state index contributed by atoms with van der Waals surface area (Å²) < 4.78 is 10.0. The highest BCUT2D eigenvalue weighted by molar-refractivity contribution is 5.97. The maximum atomic E-state index is 11.9. The smallest absolute Gasteiger partial charge is 0.335 e. The van der Waals surface area contributed by atoms with Gasteiger partial charge in [-0.1, -0.05) is 0 Å². The third kappa shape index (κ3) is 5.38. The van der Waals surface area contributed by atoms with Gasteiger partial charge in [0.2, 0.25) is 0 Å². The zero-order valence-electron chi connectivity index (χ0n) is 11.6. The first kappa shape index (κ1) is 16.1. The van der Waals surface area contributed by atoms with Crippen LogP contribution in [0.1, 0.15) is 26.3 Å². The minimum atomic E-state index is -1.05. The number of aryl methyl sites for hydroxylation is 1. The fourth-order valence-electron chi connectivity index (χ4n) is 1.62. The highest BCUT2D eigenvalue weighted by Gasteiger charge is 2.10. The standard InChI is InChI=1S/C14H19NO5/c1-10-7-11(9-12(8-10)14(17)18)13(16)15-3-4-20-6-5-19-2/h7-9H,3-6H2,1-2H3,(H,15,16)(H,17,18). The van der Waals surface area contributed by atoms with E-state index in [-0.39, 0.29) is 11.5 Å². The quantitative estimate of drug-likeness (QED) is 0.697. The second-order valence-electron chi connectivity index (χ2n) is 4.25. The molecule has 0 bridgehead atoms. The average molecular weight is 281 g/mol. The number of carboxylic acids is 1. The molecule has 0 aliphatic rings. The number of rotatable bonds is 8. The first-order valence-corrected chi connectivity index (χ1v) is 6.24. The Morgan fingerprint density at radius 1 is 1.15 bits per heavy atom. The molecule has 0 aliphatic heterocycles. The van der Waals surface area contributed by atoms with Crippen LogP contribution in [-0.4, -0.2) is 50.5 Å². The largest absolute Gasteiger partial charge is 0.478 e. The molecule has 1 aromatic carbocycles. The molecule has 0 saturated heterocycles. The molecule has 0 radical (unpaired) electrons. The Kier molecular flexibility index (Phi) is 6.69. The van der Waals surface area contributed by atoms with Crippen LogP contribution in [-0.2, 0) is 9.47 Å². The summed E-state index contributed by atoms with van der Waals surface area (Å²) in [4.78, 5) is 22.8.